The minimum absolute atomic E-state index is 0.0191. The lowest BCUT2D eigenvalue weighted by Gasteiger charge is -2.35. The van der Waals surface area contributed by atoms with Gasteiger partial charge in [0.1, 0.15) is 6.10 Å². The van der Waals surface area contributed by atoms with Crippen molar-refractivity contribution in [2.24, 2.45) is 0 Å². The minimum atomic E-state index is -0.427. The van der Waals surface area contributed by atoms with E-state index in [1.807, 2.05) is 12.1 Å². The highest BCUT2D eigenvalue weighted by atomic mass is 79.9. The van der Waals surface area contributed by atoms with E-state index in [0.29, 0.717) is 6.42 Å². The van der Waals surface area contributed by atoms with Crippen molar-refractivity contribution in [2.75, 3.05) is 13.7 Å². The molecule has 0 amide bonds. The third kappa shape index (κ3) is 1.81. The molecular formula is C16H18BrNO3. The van der Waals surface area contributed by atoms with E-state index in [-0.39, 0.29) is 11.5 Å². The van der Waals surface area contributed by atoms with Crippen LogP contribution in [0.15, 0.2) is 22.7 Å². The van der Waals surface area contributed by atoms with Gasteiger partial charge in [-0.05, 0) is 24.6 Å². The second kappa shape index (κ2) is 4.73. The molecule has 3 atom stereocenters. The van der Waals surface area contributed by atoms with Crippen molar-refractivity contribution in [3.63, 3.8) is 0 Å². The maximum absolute atomic E-state index is 9.96. The van der Waals surface area contributed by atoms with E-state index in [1.54, 1.807) is 7.11 Å². The molecule has 1 aromatic carbocycles. The smallest absolute Gasteiger partial charge is 0.166 e. The summed E-state index contributed by atoms with van der Waals surface area (Å²) < 4.78 is 12.8. The van der Waals surface area contributed by atoms with Crippen LogP contribution < -0.4 is 14.8 Å². The molecule has 0 aromatic heterocycles. The Morgan fingerprint density at radius 2 is 2.38 bits per heavy atom. The minimum Gasteiger partial charge on any atom is -0.493 e. The van der Waals surface area contributed by atoms with Crippen molar-refractivity contribution < 1.29 is 14.6 Å². The van der Waals surface area contributed by atoms with Crippen LogP contribution in [0.1, 0.15) is 24.0 Å². The molecule has 1 aliphatic carbocycles. The molecule has 4 rings (SSSR count). The molecule has 0 bridgehead atoms. The number of aliphatic hydroxyl groups is 1. The maximum Gasteiger partial charge on any atom is 0.166 e. The van der Waals surface area contributed by atoms with E-state index in [9.17, 15) is 5.11 Å². The average molecular weight is 352 g/mol. The summed E-state index contributed by atoms with van der Waals surface area (Å²) in [5.74, 6) is 1.61. The van der Waals surface area contributed by atoms with Gasteiger partial charge in [0.05, 0.1) is 18.6 Å². The molecule has 4 nitrogen and oxygen atoms in total. The first kappa shape index (κ1) is 13.6. The lowest BCUT2D eigenvalue weighted by Crippen LogP contribution is -2.42. The quantitative estimate of drug-likeness (QED) is 0.762. The van der Waals surface area contributed by atoms with Crippen molar-refractivity contribution in [2.45, 2.75) is 37.0 Å². The molecule has 21 heavy (non-hydrogen) atoms. The summed E-state index contributed by atoms with van der Waals surface area (Å²) in [6, 6.07) is 1.98. The van der Waals surface area contributed by atoms with Gasteiger partial charge in [-0.1, -0.05) is 28.1 Å². The van der Waals surface area contributed by atoms with Crippen LogP contribution in [0.3, 0.4) is 0 Å². The standard InChI is InChI=1S/C16H18BrNO3/c1-20-12-7-11(17)10-8-18-5-4-16-3-2-9(19)6-13(16)21-15(12)14(10)16/h2-3,7,9,13,18-19H,4-6,8H2,1H3/t9-,13?,16?/m1/s1. The molecule has 3 aliphatic rings. The van der Waals surface area contributed by atoms with Crippen LogP contribution in [-0.4, -0.2) is 31.0 Å². The molecule has 0 fully saturated rings. The normalized spacial score (nSPS) is 32.9. The van der Waals surface area contributed by atoms with Crippen LogP contribution >= 0.6 is 15.9 Å². The number of methoxy groups -OCH3 is 1. The highest BCUT2D eigenvalue weighted by Crippen LogP contribution is 2.56. The zero-order chi connectivity index (χ0) is 14.6. The van der Waals surface area contributed by atoms with Gasteiger partial charge in [0.25, 0.3) is 0 Å². The molecule has 5 heteroatoms. The molecule has 2 heterocycles. The van der Waals surface area contributed by atoms with Gasteiger partial charge in [-0.3, -0.25) is 0 Å². The topological polar surface area (TPSA) is 50.7 Å². The Morgan fingerprint density at radius 1 is 1.52 bits per heavy atom. The van der Waals surface area contributed by atoms with Crippen LogP contribution in [0.2, 0.25) is 0 Å². The van der Waals surface area contributed by atoms with E-state index < -0.39 is 6.10 Å². The summed E-state index contributed by atoms with van der Waals surface area (Å²) in [6.07, 6.45) is 5.22. The zero-order valence-electron chi connectivity index (χ0n) is 11.9. The first-order valence-corrected chi connectivity index (χ1v) is 8.09. The third-order valence-electron chi connectivity index (χ3n) is 4.91. The van der Waals surface area contributed by atoms with E-state index in [2.05, 4.69) is 27.3 Å². The van der Waals surface area contributed by atoms with Crippen molar-refractivity contribution in [1.29, 1.82) is 0 Å². The molecule has 2 unspecified atom stereocenters. The second-order valence-electron chi connectivity index (χ2n) is 5.98. The second-order valence-corrected chi connectivity index (χ2v) is 6.83. The third-order valence-corrected chi connectivity index (χ3v) is 5.61. The highest BCUT2D eigenvalue weighted by Gasteiger charge is 2.52. The largest absolute Gasteiger partial charge is 0.493 e. The molecule has 0 saturated heterocycles. The van der Waals surface area contributed by atoms with Crippen LogP contribution in [-0.2, 0) is 12.0 Å². The SMILES string of the molecule is COc1cc(Br)c2c3c1OC1C[C@H](O)C=CC31CCNC2. The number of hydrogen-bond donors (Lipinski definition) is 2. The van der Waals surface area contributed by atoms with Crippen LogP contribution in [0.25, 0.3) is 0 Å². The summed E-state index contributed by atoms with van der Waals surface area (Å²) in [5.41, 5.74) is 2.32. The number of benzene rings is 1. The molecule has 0 saturated carbocycles. The maximum atomic E-state index is 9.96. The fraction of sp³-hybridized carbons (Fsp3) is 0.500. The number of halogens is 1. The molecular weight excluding hydrogens is 334 g/mol. The Morgan fingerprint density at radius 3 is 3.19 bits per heavy atom. The van der Waals surface area contributed by atoms with Gasteiger partial charge >= 0.3 is 0 Å². The number of aliphatic hydroxyl groups excluding tert-OH is 1. The Bertz CT molecular complexity index is 630. The van der Waals surface area contributed by atoms with Gasteiger partial charge in [0.2, 0.25) is 0 Å². The van der Waals surface area contributed by atoms with Gasteiger partial charge in [-0.15, -0.1) is 0 Å². The molecule has 112 valence electrons. The molecule has 0 radical (unpaired) electrons. The van der Waals surface area contributed by atoms with Crippen molar-refractivity contribution in [1.82, 2.24) is 5.32 Å². The first-order valence-electron chi connectivity index (χ1n) is 7.30. The Hall–Kier alpha value is -1.04. The van der Waals surface area contributed by atoms with Gasteiger partial charge in [-0.2, -0.15) is 0 Å². The van der Waals surface area contributed by atoms with Gasteiger partial charge in [0, 0.05) is 23.0 Å². The van der Waals surface area contributed by atoms with Crippen molar-refractivity contribution in [3.05, 3.63) is 33.8 Å². The monoisotopic (exact) mass is 351 g/mol. The van der Waals surface area contributed by atoms with Crippen LogP contribution in [0.4, 0.5) is 0 Å². The van der Waals surface area contributed by atoms with E-state index in [4.69, 9.17) is 9.47 Å². The predicted molar refractivity (Wildman–Crippen MR) is 82.9 cm³/mol. The number of nitrogens with one attached hydrogen (secondary N) is 1. The number of rotatable bonds is 1. The Kier molecular flexibility index (Phi) is 3.07. The summed E-state index contributed by atoms with van der Waals surface area (Å²) in [6.45, 7) is 1.75. The van der Waals surface area contributed by atoms with E-state index in [1.165, 1.54) is 11.1 Å². The molecule has 1 spiro atoms. The van der Waals surface area contributed by atoms with Gasteiger partial charge < -0.3 is 19.9 Å². The molecule has 1 aromatic rings. The van der Waals surface area contributed by atoms with E-state index in [0.717, 1.165) is 35.5 Å². The summed E-state index contributed by atoms with van der Waals surface area (Å²) >= 11 is 3.67. The average Bonchev–Trinajstić information content (AvgIpc) is 2.67. The van der Waals surface area contributed by atoms with Crippen LogP contribution in [0, 0.1) is 0 Å². The number of ether oxygens (including phenoxy) is 2. The predicted octanol–water partition coefficient (Wildman–Crippen LogP) is 2.27. The van der Waals surface area contributed by atoms with Crippen LogP contribution in [0.5, 0.6) is 11.5 Å². The van der Waals surface area contributed by atoms with Gasteiger partial charge in [-0.25, -0.2) is 0 Å². The van der Waals surface area contributed by atoms with Crippen molar-refractivity contribution >= 4 is 15.9 Å². The fourth-order valence-corrected chi connectivity index (χ4v) is 4.44. The Labute approximate surface area is 132 Å². The van der Waals surface area contributed by atoms with Gasteiger partial charge in [0.15, 0.2) is 11.5 Å². The van der Waals surface area contributed by atoms with E-state index >= 15 is 0 Å². The number of hydrogen-bond acceptors (Lipinski definition) is 4. The highest BCUT2D eigenvalue weighted by molar-refractivity contribution is 9.10. The lowest BCUT2D eigenvalue weighted by molar-refractivity contribution is 0.0851. The van der Waals surface area contributed by atoms with Crippen molar-refractivity contribution in [3.8, 4) is 11.5 Å². The Balaban J connectivity index is 2.00. The zero-order valence-corrected chi connectivity index (χ0v) is 13.4. The summed E-state index contributed by atoms with van der Waals surface area (Å²) in [5, 5.41) is 13.5. The first-order chi connectivity index (χ1) is 10.2. The summed E-state index contributed by atoms with van der Waals surface area (Å²) in [7, 11) is 1.67. The fourth-order valence-electron chi connectivity index (χ4n) is 3.90. The molecule has 2 N–H and O–H groups in total. The lowest BCUT2D eigenvalue weighted by atomic mass is 9.69. The molecule has 2 aliphatic heterocycles. The summed E-state index contributed by atoms with van der Waals surface area (Å²) in [4.78, 5) is 0.